The minimum absolute atomic E-state index is 0.179. The standard InChI is InChI=1S/C13H13F3N2OS/c14-13(15,16)11-5-10(6-12(7-11)17-9-20)8-18-1-3-19-4-2-18/h5-7H,1-4,8H2. The van der Waals surface area contributed by atoms with Crippen LogP contribution in [0.5, 0.6) is 0 Å². The van der Waals surface area contributed by atoms with Gasteiger partial charge in [-0.05, 0) is 36.0 Å². The Morgan fingerprint density at radius 3 is 2.55 bits per heavy atom. The summed E-state index contributed by atoms with van der Waals surface area (Å²) in [6.45, 7) is 3.06. The van der Waals surface area contributed by atoms with Crippen molar-refractivity contribution in [2.45, 2.75) is 12.7 Å². The highest BCUT2D eigenvalue weighted by molar-refractivity contribution is 7.78. The third-order valence-corrected chi connectivity index (χ3v) is 3.08. The lowest BCUT2D eigenvalue weighted by Crippen LogP contribution is -2.35. The second-order valence-electron chi connectivity index (χ2n) is 4.48. The minimum Gasteiger partial charge on any atom is -0.379 e. The van der Waals surface area contributed by atoms with Crippen molar-refractivity contribution in [3.8, 4) is 0 Å². The summed E-state index contributed by atoms with van der Waals surface area (Å²) in [7, 11) is 0. The van der Waals surface area contributed by atoms with Crippen molar-refractivity contribution in [2.75, 3.05) is 26.3 Å². The second kappa shape index (κ2) is 6.45. The molecule has 1 aromatic carbocycles. The van der Waals surface area contributed by atoms with E-state index in [1.165, 1.54) is 0 Å². The Balaban J connectivity index is 2.26. The van der Waals surface area contributed by atoms with Crippen LogP contribution in [0.2, 0.25) is 0 Å². The van der Waals surface area contributed by atoms with Crippen LogP contribution in [0.1, 0.15) is 11.1 Å². The molecule has 3 nitrogen and oxygen atoms in total. The van der Waals surface area contributed by atoms with Crippen LogP contribution in [0.15, 0.2) is 23.2 Å². The molecule has 0 bridgehead atoms. The van der Waals surface area contributed by atoms with Gasteiger partial charge in [0.1, 0.15) is 0 Å². The number of morpholine rings is 1. The van der Waals surface area contributed by atoms with E-state index >= 15 is 0 Å². The fourth-order valence-electron chi connectivity index (χ4n) is 2.06. The van der Waals surface area contributed by atoms with Crippen LogP contribution in [0.25, 0.3) is 0 Å². The lowest BCUT2D eigenvalue weighted by atomic mass is 10.1. The number of ether oxygens (including phenoxy) is 1. The maximum absolute atomic E-state index is 12.8. The molecule has 0 aromatic heterocycles. The zero-order valence-corrected chi connectivity index (χ0v) is 11.4. The van der Waals surface area contributed by atoms with E-state index in [2.05, 4.69) is 22.4 Å². The number of hydrogen-bond donors (Lipinski definition) is 0. The molecule has 1 fully saturated rings. The summed E-state index contributed by atoms with van der Waals surface area (Å²) in [6.07, 6.45) is -4.40. The summed E-state index contributed by atoms with van der Waals surface area (Å²) >= 11 is 4.45. The molecule has 0 radical (unpaired) electrons. The highest BCUT2D eigenvalue weighted by Gasteiger charge is 2.31. The van der Waals surface area contributed by atoms with Gasteiger partial charge in [0.15, 0.2) is 0 Å². The molecule has 1 saturated heterocycles. The van der Waals surface area contributed by atoms with Gasteiger partial charge in [-0.2, -0.15) is 18.2 Å². The molecule has 0 saturated carbocycles. The van der Waals surface area contributed by atoms with Crippen molar-refractivity contribution in [1.29, 1.82) is 0 Å². The smallest absolute Gasteiger partial charge is 0.379 e. The van der Waals surface area contributed by atoms with Gasteiger partial charge in [0.25, 0.3) is 0 Å². The molecule has 7 heteroatoms. The largest absolute Gasteiger partial charge is 0.416 e. The molecule has 0 spiro atoms. The highest BCUT2D eigenvalue weighted by atomic mass is 32.1. The van der Waals surface area contributed by atoms with Gasteiger partial charge in [-0.1, -0.05) is 0 Å². The summed E-state index contributed by atoms with van der Waals surface area (Å²) in [5, 5.41) is 2.10. The van der Waals surface area contributed by atoms with Crippen molar-refractivity contribution in [2.24, 2.45) is 4.99 Å². The van der Waals surface area contributed by atoms with Crippen LogP contribution in [-0.2, 0) is 17.5 Å². The molecule has 0 amide bonds. The lowest BCUT2D eigenvalue weighted by Gasteiger charge is -2.26. The molecule has 1 aliphatic rings. The SMILES string of the molecule is FC(F)(F)c1cc(CN2CCOCC2)cc(N=C=S)c1. The number of rotatable bonds is 3. The quantitative estimate of drug-likeness (QED) is 0.633. The van der Waals surface area contributed by atoms with E-state index in [4.69, 9.17) is 4.74 Å². The number of benzene rings is 1. The molecular weight excluding hydrogens is 289 g/mol. The average Bonchev–Trinajstić information content (AvgIpc) is 2.39. The summed E-state index contributed by atoms with van der Waals surface area (Å²) in [5.41, 5.74) is 0.0241. The Bertz CT molecular complexity index is 521. The fourth-order valence-corrected chi connectivity index (χ4v) is 2.17. The van der Waals surface area contributed by atoms with E-state index in [1.54, 1.807) is 6.07 Å². The maximum Gasteiger partial charge on any atom is 0.416 e. The predicted octanol–water partition coefficient (Wildman–Crippen LogP) is 3.27. The molecule has 1 heterocycles. The summed E-state index contributed by atoms with van der Waals surface area (Å²) in [6, 6.07) is 3.73. The lowest BCUT2D eigenvalue weighted by molar-refractivity contribution is -0.137. The normalized spacial score (nSPS) is 16.8. The Morgan fingerprint density at radius 2 is 1.95 bits per heavy atom. The first-order valence-corrected chi connectivity index (χ1v) is 6.49. The summed E-state index contributed by atoms with van der Waals surface area (Å²) < 4.78 is 43.7. The first-order valence-electron chi connectivity index (χ1n) is 6.08. The summed E-state index contributed by atoms with van der Waals surface area (Å²) in [4.78, 5) is 5.70. The van der Waals surface area contributed by atoms with Crippen molar-refractivity contribution in [3.63, 3.8) is 0 Å². The number of nitrogens with zero attached hydrogens (tertiary/aromatic N) is 2. The van der Waals surface area contributed by atoms with Gasteiger partial charge in [-0.15, -0.1) is 0 Å². The van der Waals surface area contributed by atoms with Crippen LogP contribution in [0.4, 0.5) is 18.9 Å². The zero-order valence-electron chi connectivity index (χ0n) is 10.6. The van der Waals surface area contributed by atoms with Crippen LogP contribution in [0, 0.1) is 0 Å². The van der Waals surface area contributed by atoms with E-state index in [1.807, 2.05) is 4.90 Å². The second-order valence-corrected chi connectivity index (χ2v) is 4.66. The number of thiocarbonyl (C=S) groups is 1. The average molecular weight is 302 g/mol. The van der Waals surface area contributed by atoms with Crippen LogP contribution in [-0.4, -0.2) is 36.4 Å². The molecular formula is C13H13F3N2OS. The van der Waals surface area contributed by atoms with Gasteiger partial charge in [0.05, 0.1) is 29.6 Å². The molecule has 0 atom stereocenters. The maximum atomic E-state index is 12.8. The Hall–Kier alpha value is -1.27. The van der Waals surface area contributed by atoms with Crippen molar-refractivity contribution in [3.05, 3.63) is 29.3 Å². The van der Waals surface area contributed by atoms with Gasteiger partial charge >= 0.3 is 6.18 Å². The molecule has 1 aromatic rings. The topological polar surface area (TPSA) is 24.8 Å². The number of hydrogen-bond acceptors (Lipinski definition) is 4. The van der Waals surface area contributed by atoms with E-state index in [-0.39, 0.29) is 5.69 Å². The third kappa shape index (κ3) is 4.11. The minimum atomic E-state index is -4.40. The highest BCUT2D eigenvalue weighted by Crippen LogP contribution is 2.33. The molecule has 108 valence electrons. The molecule has 0 N–H and O–H groups in total. The van der Waals surface area contributed by atoms with Gasteiger partial charge < -0.3 is 4.74 Å². The Kier molecular flexibility index (Phi) is 4.88. The van der Waals surface area contributed by atoms with E-state index < -0.39 is 11.7 Å². The van der Waals surface area contributed by atoms with Gasteiger partial charge in [0.2, 0.25) is 0 Å². The van der Waals surface area contributed by atoms with Gasteiger partial charge in [-0.25, -0.2) is 0 Å². The Morgan fingerprint density at radius 1 is 1.25 bits per heavy atom. The van der Waals surface area contributed by atoms with Crippen molar-refractivity contribution < 1.29 is 17.9 Å². The number of halogens is 3. The van der Waals surface area contributed by atoms with Crippen molar-refractivity contribution >= 4 is 23.1 Å². The van der Waals surface area contributed by atoms with E-state index in [0.29, 0.717) is 38.4 Å². The molecule has 1 aliphatic heterocycles. The first-order chi connectivity index (χ1) is 9.49. The first kappa shape index (κ1) is 15.1. The van der Waals surface area contributed by atoms with Crippen LogP contribution >= 0.6 is 12.2 Å². The summed E-state index contributed by atoms with van der Waals surface area (Å²) in [5.74, 6) is 0. The van der Waals surface area contributed by atoms with E-state index in [0.717, 1.165) is 12.1 Å². The molecule has 20 heavy (non-hydrogen) atoms. The van der Waals surface area contributed by atoms with Crippen LogP contribution in [0.3, 0.4) is 0 Å². The molecule has 2 rings (SSSR count). The monoisotopic (exact) mass is 302 g/mol. The van der Waals surface area contributed by atoms with E-state index in [9.17, 15) is 13.2 Å². The van der Waals surface area contributed by atoms with Gasteiger partial charge in [-0.3, -0.25) is 4.90 Å². The molecule has 0 aliphatic carbocycles. The van der Waals surface area contributed by atoms with Crippen molar-refractivity contribution in [1.82, 2.24) is 4.90 Å². The predicted molar refractivity (Wildman–Crippen MR) is 72.2 cm³/mol. The van der Waals surface area contributed by atoms with Crippen LogP contribution < -0.4 is 0 Å². The molecule has 0 unspecified atom stereocenters. The number of alkyl halides is 3. The van der Waals surface area contributed by atoms with Gasteiger partial charge in [0, 0.05) is 19.6 Å². The zero-order chi connectivity index (χ0) is 14.6. The Labute approximate surface area is 120 Å². The number of isothiocyanates is 1. The number of aliphatic imine (C=N–C) groups is 1. The third-order valence-electron chi connectivity index (χ3n) is 2.99. The fraction of sp³-hybridized carbons (Fsp3) is 0.462.